The van der Waals surface area contributed by atoms with Gasteiger partial charge < -0.3 is 24.2 Å². The summed E-state index contributed by atoms with van der Waals surface area (Å²) in [5.74, 6) is 3.33. The topological polar surface area (TPSA) is 152 Å². The Kier molecular flexibility index (Phi) is 23.0. The van der Waals surface area contributed by atoms with Crippen molar-refractivity contribution in [3.63, 3.8) is 0 Å². The van der Waals surface area contributed by atoms with Gasteiger partial charge in [0.05, 0.1) is 6.42 Å². The first kappa shape index (κ1) is 58.3. The second-order valence-corrected chi connectivity index (χ2v) is 20.4. The van der Waals surface area contributed by atoms with Gasteiger partial charge in [-0.05, 0) is 142 Å². The largest absolute Gasteiger partial charge is 0.462 e. The van der Waals surface area contributed by atoms with Crippen molar-refractivity contribution in [2.75, 3.05) is 13.7 Å². The number of carbonyl (C=O) groups excluding carboxylic acids is 3. The number of hydrogen-bond donors (Lipinski definition) is 2. The van der Waals surface area contributed by atoms with Crippen LogP contribution in [0.4, 0.5) is 4.39 Å². The predicted molar refractivity (Wildman–Crippen MR) is 265 cm³/mol. The van der Waals surface area contributed by atoms with Crippen molar-refractivity contribution < 1.29 is 38.1 Å². The van der Waals surface area contributed by atoms with Gasteiger partial charge in [0.15, 0.2) is 5.78 Å². The highest BCUT2D eigenvalue weighted by molar-refractivity contribution is 6.00. The highest BCUT2D eigenvalue weighted by Crippen LogP contribution is 2.72. The molecule has 2 N–H and O–H groups in total. The summed E-state index contributed by atoms with van der Waals surface area (Å²) < 4.78 is 24.1. The minimum absolute atomic E-state index is 0.0930. The van der Waals surface area contributed by atoms with Crippen LogP contribution in [0.5, 0.6) is 0 Å². The second-order valence-electron chi connectivity index (χ2n) is 20.4. The van der Waals surface area contributed by atoms with Gasteiger partial charge in [0, 0.05) is 43.6 Å². The molecule has 1 heterocycles. The van der Waals surface area contributed by atoms with Crippen LogP contribution in [0.2, 0.25) is 0 Å². The van der Waals surface area contributed by atoms with Crippen LogP contribution in [0.15, 0.2) is 69.5 Å². The first-order valence-electron chi connectivity index (χ1n) is 24.9. The number of nitrogens with zero attached hydrogens (tertiary/aromatic N) is 3. The van der Waals surface area contributed by atoms with Gasteiger partial charge in [0.25, 0.3) is 5.89 Å². The zero-order valence-electron chi connectivity index (χ0n) is 43.4. The van der Waals surface area contributed by atoms with Crippen LogP contribution in [0.1, 0.15) is 179 Å². The van der Waals surface area contributed by atoms with Crippen molar-refractivity contribution in [1.29, 1.82) is 0 Å². The first-order valence-corrected chi connectivity index (χ1v) is 24.9. The third kappa shape index (κ3) is 13.2. The van der Waals surface area contributed by atoms with E-state index in [1.807, 2.05) is 20.8 Å². The number of aldehydes is 1. The van der Waals surface area contributed by atoms with E-state index < -0.39 is 5.41 Å². The molecule has 4 saturated carbocycles. The Hall–Kier alpha value is -3.83. The van der Waals surface area contributed by atoms with Gasteiger partial charge >= 0.3 is 5.97 Å². The highest BCUT2D eigenvalue weighted by Gasteiger charge is 2.65. The maximum atomic E-state index is 14.1. The molecule has 1 aromatic rings. The molecule has 0 aromatic carbocycles. The lowest BCUT2D eigenvalue weighted by molar-refractivity contribution is -0.191. The summed E-state index contributed by atoms with van der Waals surface area (Å²) >= 11 is 0. The van der Waals surface area contributed by atoms with E-state index in [2.05, 4.69) is 69.9 Å². The Bertz CT molecular complexity index is 1910. The smallest absolute Gasteiger partial charge is 0.307 e. The quantitative estimate of drug-likeness (QED) is 0.0852. The van der Waals surface area contributed by atoms with Gasteiger partial charge in [-0.25, -0.2) is 4.39 Å². The molecule has 10 nitrogen and oxygen atoms in total. The standard InChI is InChI=1S/C45H65N3O5.C5H7F.C2H6O.C2H6.CH4O/c1-11-13-33(46-25-28(5)12-2)41-48-47-37(53-41)23-45-21-17-32-30(40(45)39(27(3)4)34(50)22-45)14-15-36-43(9)20-18-35(52-38(51)24-42(7,8)26-49)29(6)31(43)16-19-44(32,36)10;1-3-5(6)4-2;1-2-3;2*1-2/h12,25-27,29-32,35-36H,2,11,13-24H2,1,3-10H3;3-4H,1H2,2H3;3H,2H2,1H3;1-2H3;2H,1H3/b28-25-,46-33?;5-4+;;;. The summed E-state index contributed by atoms with van der Waals surface area (Å²) in [5, 5.41) is 23.6. The molecule has 11 heteroatoms. The number of aliphatic hydroxyl groups excluding tert-OH is 2. The van der Waals surface area contributed by atoms with E-state index in [0.717, 1.165) is 88.0 Å². The molecule has 9 unspecified atom stereocenters. The maximum Gasteiger partial charge on any atom is 0.307 e. The zero-order valence-corrected chi connectivity index (χ0v) is 43.4. The van der Waals surface area contributed by atoms with Crippen LogP contribution in [0.25, 0.3) is 0 Å². The molecule has 0 radical (unpaired) electrons. The van der Waals surface area contributed by atoms with Crippen LogP contribution in [-0.4, -0.2) is 64.0 Å². The van der Waals surface area contributed by atoms with E-state index >= 15 is 0 Å². The Balaban J connectivity index is 0.00000103. The molecule has 4 fully saturated rings. The molecule has 9 atom stereocenters. The summed E-state index contributed by atoms with van der Waals surface area (Å²) in [6, 6.07) is 0. The predicted octanol–water partition coefficient (Wildman–Crippen LogP) is 12.7. The molecular formula is C55H88FN3O7. The second kappa shape index (κ2) is 26.1. The summed E-state index contributed by atoms with van der Waals surface area (Å²) in [5.41, 5.74) is 3.64. The molecule has 0 bridgehead atoms. The van der Waals surface area contributed by atoms with Crippen molar-refractivity contribution in [3.05, 3.63) is 71.9 Å². The number of ether oxygens (including phenoxy) is 1. The Labute approximate surface area is 398 Å². The third-order valence-corrected chi connectivity index (χ3v) is 15.4. The number of ketones is 1. The average molecular weight is 922 g/mol. The van der Waals surface area contributed by atoms with Gasteiger partial charge in [-0.2, -0.15) is 0 Å². The minimum Gasteiger partial charge on any atom is -0.462 e. The fourth-order valence-corrected chi connectivity index (χ4v) is 12.6. The van der Waals surface area contributed by atoms with Gasteiger partial charge in [-0.1, -0.05) is 107 Å². The molecule has 372 valence electrons. The van der Waals surface area contributed by atoms with Crippen LogP contribution >= 0.6 is 0 Å². The molecule has 1 aromatic heterocycles. The molecule has 0 amide bonds. The number of carbonyl (C=O) groups is 3. The summed E-state index contributed by atoms with van der Waals surface area (Å²) in [6.45, 7) is 34.1. The molecule has 0 saturated heterocycles. The molecule has 0 spiro atoms. The molecule has 6 rings (SSSR count). The van der Waals surface area contributed by atoms with E-state index in [1.165, 1.54) is 24.1 Å². The summed E-state index contributed by atoms with van der Waals surface area (Å²) in [7, 11) is 1.00. The Morgan fingerprint density at radius 1 is 1.02 bits per heavy atom. The Morgan fingerprint density at radius 3 is 2.17 bits per heavy atom. The van der Waals surface area contributed by atoms with E-state index in [4.69, 9.17) is 19.4 Å². The number of Topliss-reactive ketones (excluding diaryl/α,β-unsaturated/α-hetero) is 1. The van der Waals surface area contributed by atoms with Crippen molar-refractivity contribution >= 4 is 23.8 Å². The number of aliphatic imine (C=N–C) groups is 1. The highest BCUT2D eigenvalue weighted by atomic mass is 19.1. The van der Waals surface area contributed by atoms with Crippen molar-refractivity contribution in [2.45, 2.75) is 180 Å². The van der Waals surface area contributed by atoms with Gasteiger partial charge in [-0.15, -0.1) is 10.2 Å². The van der Waals surface area contributed by atoms with Crippen LogP contribution in [-0.2, 0) is 25.5 Å². The van der Waals surface area contributed by atoms with E-state index in [-0.39, 0.29) is 59.0 Å². The molecule has 0 aliphatic heterocycles. The van der Waals surface area contributed by atoms with E-state index in [1.54, 1.807) is 40.0 Å². The normalized spacial score (nSPS) is 30.5. The van der Waals surface area contributed by atoms with Gasteiger partial charge in [0.2, 0.25) is 5.89 Å². The first-order chi connectivity index (χ1) is 31.2. The summed E-state index contributed by atoms with van der Waals surface area (Å²) in [4.78, 5) is 43.1. The monoisotopic (exact) mass is 922 g/mol. The average Bonchev–Trinajstić information content (AvgIpc) is 3.88. The minimum atomic E-state index is -0.704. The fourth-order valence-electron chi connectivity index (χ4n) is 12.6. The number of aromatic nitrogens is 2. The Morgan fingerprint density at radius 2 is 1.62 bits per heavy atom. The lowest BCUT2D eigenvalue weighted by Crippen LogP contribution is -2.60. The van der Waals surface area contributed by atoms with Crippen LogP contribution in [0.3, 0.4) is 0 Å². The number of allylic oxidation sites excluding steroid dienone is 7. The van der Waals surface area contributed by atoms with Gasteiger partial charge in [-0.3, -0.25) is 14.6 Å². The molecular weight excluding hydrogens is 834 g/mol. The van der Waals surface area contributed by atoms with Crippen LogP contribution < -0.4 is 0 Å². The number of esters is 1. The SMILES string of the molecule is C=C/C(C)=C\N=C(CCC)c1nnc(CC23CCC4C(CCC5C4(C)CCC4C(C)C(OC(=O)CC(C)(C)C=O)CCC45C)C2=C(C(C)C)C(=O)C3)o1.C=C/C(F)=C\C.CC.CCO.CO. The van der Waals surface area contributed by atoms with Crippen molar-refractivity contribution in [2.24, 2.45) is 62.2 Å². The van der Waals surface area contributed by atoms with E-state index in [9.17, 15) is 18.8 Å². The van der Waals surface area contributed by atoms with Crippen LogP contribution in [0, 0.1) is 57.2 Å². The number of hydrogen-bond acceptors (Lipinski definition) is 10. The fraction of sp³-hybridized carbons (Fsp3) is 0.709. The number of aliphatic hydroxyl groups is 2. The number of halogens is 1. The maximum absolute atomic E-state index is 14.1. The van der Waals surface area contributed by atoms with Crippen molar-refractivity contribution in [1.82, 2.24) is 10.2 Å². The molecule has 66 heavy (non-hydrogen) atoms. The lowest BCUT2D eigenvalue weighted by atomic mass is 9.38. The molecule has 5 aliphatic rings. The number of fused-ring (bicyclic) bond motifs is 7. The molecule has 5 aliphatic carbocycles. The number of rotatable bonds is 13. The third-order valence-electron chi connectivity index (χ3n) is 15.4. The van der Waals surface area contributed by atoms with E-state index in [0.29, 0.717) is 54.1 Å². The van der Waals surface area contributed by atoms with Gasteiger partial charge in [0.1, 0.15) is 23.9 Å². The lowest BCUT2D eigenvalue weighted by Gasteiger charge is -2.67. The van der Waals surface area contributed by atoms with Crippen molar-refractivity contribution in [3.8, 4) is 0 Å². The zero-order chi connectivity index (χ0) is 50.2. The summed E-state index contributed by atoms with van der Waals surface area (Å²) in [6.07, 6.45) is 18.4.